The van der Waals surface area contributed by atoms with Crippen molar-refractivity contribution in [3.05, 3.63) is 23.3 Å². The van der Waals surface area contributed by atoms with Gasteiger partial charge in [-0.2, -0.15) is 0 Å². The first-order valence-corrected chi connectivity index (χ1v) is 12.3. The van der Waals surface area contributed by atoms with Crippen LogP contribution < -0.4 is 0 Å². The summed E-state index contributed by atoms with van der Waals surface area (Å²) in [4.78, 5) is 13.3. The first-order valence-electron chi connectivity index (χ1n) is 12.3. The molecule has 0 bridgehead atoms. The average molecular weight is 412 g/mol. The molecule has 0 unspecified atom stereocenters. The third kappa shape index (κ3) is 3.41. The molecule has 0 amide bonds. The summed E-state index contributed by atoms with van der Waals surface area (Å²) in [5.74, 6) is 3.73. The Kier molecular flexibility index (Phi) is 5.79. The third-order valence-electron chi connectivity index (χ3n) is 9.87. The maximum Gasteiger partial charge on any atom is 0.159 e. The molecule has 0 spiro atoms. The van der Waals surface area contributed by atoms with Crippen LogP contribution in [0.1, 0.15) is 92.4 Å². The standard InChI is InChI=1S/C27H41NO2/c1-17(2)7-6-8-18(3)21-9-10-22-20-16-25(29)24-15-19(28-30)11-13-27(24,5)23(20)12-14-26(21,22)4/h7,15,18,20-23,30H,6,8-14,16H2,1-5H3/t18-,20+,21-,22+,23+,26-,27-/m1/s1. The van der Waals surface area contributed by atoms with Crippen LogP contribution in [0.15, 0.2) is 28.5 Å². The molecule has 166 valence electrons. The van der Waals surface area contributed by atoms with Crippen LogP contribution in [0.5, 0.6) is 0 Å². The molecule has 0 aromatic rings. The first kappa shape index (κ1) is 21.8. The van der Waals surface area contributed by atoms with Crippen LogP contribution in [0, 0.1) is 40.4 Å². The van der Waals surface area contributed by atoms with Gasteiger partial charge < -0.3 is 5.21 Å². The summed E-state index contributed by atoms with van der Waals surface area (Å²) in [6.45, 7) is 11.8. The molecule has 3 heteroatoms. The van der Waals surface area contributed by atoms with Gasteiger partial charge in [0, 0.05) is 12.0 Å². The van der Waals surface area contributed by atoms with Gasteiger partial charge in [-0.25, -0.2) is 0 Å². The summed E-state index contributed by atoms with van der Waals surface area (Å²) in [5, 5.41) is 12.7. The molecule has 0 heterocycles. The van der Waals surface area contributed by atoms with Crippen molar-refractivity contribution >= 4 is 11.5 Å². The van der Waals surface area contributed by atoms with E-state index in [4.69, 9.17) is 0 Å². The van der Waals surface area contributed by atoms with Gasteiger partial charge in [0.25, 0.3) is 0 Å². The summed E-state index contributed by atoms with van der Waals surface area (Å²) in [7, 11) is 0. The Bertz CT molecular complexity index is 789. The van der Waals surface area contributed by atoms with Crippen molar-refractivity contribution < 1.29 is 10.0 Å². The van der Waals surface area contributed by atoms with Crippen molar-refractivity contribution in [1.29, 1.82) is 0 Å². The Labute approximate surface area is 183 Å². The van der Waals surface area contributed by atoms with Gasteiger partial charge >= 0.3 is 0 Å². The van der Waals surface area contributed by atoms with Gasteiger partial charge in [0.15, 0.2) is 5.78 Å². The molecule has 4 aliphatic rings. The van der Waals surface area contributed by atoms with Crippen LogP contribution in [0.25, 0.3) is 0 Å². The van der Waals surface area contributed by atoms with Crippen molar-refractivity contribution in [2.75, 3.05) is 0 Å². The summed E-state index contributed by atoms with van der Waals surface area (Å²) < 4.78 is 0. The molecule has 3 nitrogen and oxygen atoms in total. The van der Waals surface area contributed by atoms with Gasteiger partial charge in [-0.05, 0) is 112 Å². The highest BCUT2D eigenvalue weighted by Gasteiger charge is 2.60. The smallest absolute Gasteiger partial charge is 0.159 e. The zero-order chi connectivity index (χ0) is 21.7. The highest BCUT2D eigenvalue weighted by Crippen LogP contribution is 2.67. The lowest BCUT2D eigenvalue weighted by Gasteiger charge is -2.58. The monoisotopic (exact) mass is 411 g/mol. The lowest BCUT2D eigenvalue weighted by Crippen LogP contribution is -2.53. The van der Waals surface area contributed by atoms with Crippen molar-refractivity contribution in [3.63, 3.8) is 0 Å². The topological polar surface area (TPSA) is 49.7 Å². The van der Waals surface area contributed by atoms with Gasteiger partial charge in [0.05, 0.1) is 5.71 Å². The van der Waals surface area contributed by atoms with E-state index in [0.717, 1.165) is 30.3 Å². The summed E-state index contributed by atoms with van der Waals surface area (Å²) in [5.41, 5.74) is 3.44. The number of carbonyl (C=O) groups is 1. The maximum absolute atomic E-state index is 13.3. The fraction of sp³-hybridized carbons (Fsp3) is 0.778. The summed E-state index contributed by atoms with van der Waals surface area (Å²) >= 11 is 0. The van der Waals surface area contributed by atoms with E-state index in [2.05, 4.69) is 45.9 Å². The number of nitrogens with zero attached hydrogens (tertiary/aromatic N) is 1. The van der Waals surface area contributed by atoms with Gasteiger partial charge in [-0.1, -0.05) is 37.6 Å². The minimum Gasteiger partial charge on any atom is -0.411 e. The lowest BCUT2D eigenvalue weighted by atomic mass is 9.46. The van der Waals surface area contributed by atoms with Crippen LogP contribution >= 0.6 is 0 Å². The fourth-order valence-electron chi connectivity index (χ4n) is 8.29. The molecule has 4 aliphatic carbocycles. The number of allylic oxidation sites excluding steroid dienone is 4. The second-order valence-electron chi connectivity index (χ2n) is 11.6. The van der Waals surface area contributed by atoms with Crippen LogP contribution in [-0.2, 0) is 4.79 Å². The Balaban J connectivity index is 1.56. The van der Waals surface area contributed by atoms with Crippen molar-refractivity contribution in [2.24, 2.45) is 45.6 Å². The van der Waals surface area contributed by atoms with Crippen LogP contribution in [0.4, 0.5) is 0 Å². The second kappa shape index (κ2) is 7.95. The number of oxime groups is 1. The largest absolute Gasteiger partial charge is 0.411 e. The minimum absolute atomic E-state index is 0.0251. The molecule has 4 rings (SSSR count). The number of hydrogen-bond donors (Lipinski definition) is 1. The Hall–Kier alpha value is -1.38. The summed E-state index contributed by atoms with van der Waals surface area (Å²) in [6.07, 6.45) is 14.5. The number of hydrogen-bond acceptors (Lipinski definition) is 3. The first-order chi connectivity index (χ1) is 14.2. The Morgan fingerprint density at radius 1 is 1.23 bits per heavy atom. The van der Waals surface area contributed by atoms with E-state index in [-0.39, 0.29) is 5.41 Å². The number of ketones is 1. The second-order valence-corrected chi connectivity index (χ2v) is 11.6. The fourth-order valence-corrected chi connectivity index (χ4v) is 8.29. The quantitative estimate of drug-likeness (QED) is 0.309. The number of rotatable bonds is 4. The van der Waals surface area contributed by atoms with Gasteiger partial charge in [0.1, 0.15) is 0 Å². The van der Waals surface area contributed by atoms with Crippen LogP contribution in [-0.4, -0.2) is 16.7 Å². The molecular weight excluding hydrogens is 370 g/mol. The normalized spacial score (nSPS) is 42.8. The van der Waals surface area contributed by atoms with E-state index in [0.29, 0.717) is 41.1 Å². The average Bonchev–Trinajstić information content (AvgIpc) is 3.05. The van der Waals surface area contributed by atoms with Gasteiger partial charge in [-0.15, -0.1) is 0 Å². The van der Waals surface area contributed by atoms with E-state index in [1.54, 1.807) is 0 Å². The molecule has 7 atom stereocenters. The number of carbonyl (C=O) groups excluding carboxylic acids is 1. The molecule has 1 N–H and O–H groups in total. The minimum atomic E-state index is -0.0251. The molecule has 0 aromatic heterocycles. The highest BCUT2D eigenvalue weighted by molar-refractivity contribution is 6.07. The molecule has 0 aliphatic heterocycles. The predicted octanol–water partition coefficient (Wildman–Crippen LogP) is 6.96. The van der Waals surface area contributed by atoms with E-state index in [1.165, 1.54) is 44.1 Å². The molecule has 0 aromatic carbocycles. The van der Waals surface area contributed by atoms with E-state index in [9.17, 15) is 10.0 Å². The van der Waals surface area contributed by atoms with Gasteiger partial charge in [-0.3, -0.25) is 4.79 Å². The summed E-state index contributed by atoms with van der Waals surface area (Å²) in [6, 6.07) is 0. The molecule has 30 heavy (non-hydrogen) atoms. The van der Waals surface area contributed by atoms with Crippen LogP contribution in [0.2, 0.25) is 0 Å². The SMILES string of the molecule is CC(C)=CCC[C@@H](C)[C@H]1CC[C@H]2[C@@H]3CC(=O)C4=CC(=NO)CC[C@]4(C)[C@H]3CC[C@]12C. The zero-order valence-electron chi connectivity index (χ0n) is 19.7. The van der Waals surface area contributed by atoms with E-state index >= 15 is 0 Å². The third-order valence-corrected chi connectivity index (χ3v) is 9.87. The number of fused-ring (bicyclic) bond motifs is 5. The highest BCUT2D eigenvalue weighted by atomic mass is 16.4. The van der Waals surface area contributed by atoms with Crippen molar-refractivity contribution in [3.8, 4) is 0 Å². The van der Waals surface area contributed by atoms with E-state index in [1.807, 2.05) is 6.08 Å². The van der Waals surface area contributed by atoms with E-state index < -0.39 is 0 Å². The van der Waals surface area contributed by atoms with Crippen LogP contribution in [0.3, 0.4) is 0 Å². The van der Waals surface area contributed by atoms with Crippen molar-refractivity contribution in [2.45, 2.75) is 92.4 Å². The predicted molar refractivity (Wildman–Crippen MR) is 123 cm³/mol. The molecular formula is C27H41NO2. The zero-order valence-corrected chi connectivity index (χ0v) is 19.7. The van der Waals surface area contributed by atoms with Gasteiger partial charge in [0.2, 0.25) is 0 Å². The molecule has 3 saturated carbocycles. The lowest BCUT2D eigenvalue weighted by molar-refractivity contribution is -0.128. The Morgan fingerprint density at radius 2 is 2.00 bits per heavy atom. The Morgan fingerprint density at radius 3 is 2.70 bits per heavy atom. The molecule has 3 fully saturated rings. The molecule has 0 radical (unpaired) electrons. The number of Topliss-reactive ketones (excluding diaryl/α,β-unsaturated/α-hetero) is 1. The maximum atomic E-state index is 13.3. The van der Waals surface area contributed by atoms with Crippen molar-refractivity contribution in [1.82, 2.24) is 0 Å². The molecule has 0 saturated heterocycles.